The molecule has 0 saturated heterocycles. The van der Waals surface area contributed by atoms with E-state index in [-0.39, 0.29) is 29.9 Å². The van der Waals surface area contributed by atoms with Gasteiger partial charge in [-0.05, 0) is 12.3 Å². The quantitative estimate of drug-likeness (QED) is 0.473. The van der Waals surface area contributed by atoms with E-state index in [4.69, 9.17) is 0 Å². The molecule has 0 bridgehead atoms. The zero-order valence-corrected chi connectivity index (χ0v) is 14.6. The van der Waals surface area contributed by atoms with Crippen molar-refractivity contribution in [2.75, 3.05) is 20.1 Å². The highest BCUT2D eigenvalue weighted by Gasteiger charge is 2.14. The molecule has 0 saturated carbocycles. The second-order valence-electron chi connectivity index (χ2n) is 6.00. The Bertz CT molecular complexity index is 554. The number of aromatic nitrogens is 2. The van der Waals surface area contributed by atoms with Gasteiger partial charge in [0, 0.05) is 13.6 Å². The van der Waals surface area contributed by atoms with E-state index in [0.29, 0.717) is 12.5 Å². The summed E-state index contributed by atoms with van der Waals surface area (Å²) in [5.74, 6) is -0.348. The van der Waals surface area contributed by atoms with Crippen molar-refractivity contribution < 1.29 is 14.4 Å². The minimum absolute atomic E-state index is 0.0854. The number of H-pyrrole nitrogens is 1. The first-order chi connectivity index (χ1) is 11.4. The highest BCUT2D eigenvalue weighted by molar-refractivity contribution is 5.97. The van der Waals surface area contributed by atoms with Gasteiger partial charge < -0.3 is 20.9 Å². The molecule has 0 unspecified atom stereocenters. The SMILES string of the molecule is CNC(=O)CNC(=O)c1cnc(C(=O)NCCCCCC(C)C)[nH]1. The van der Waals surface area contributed by atoms with E-state index < -0.39 is 5.91 Å². The minimum atomic E-state index is -0.487. The van der Waals surface area contributed by atoms with Crippen molar-refractivity contribution in [3.05, 3.63) is 17.7 Å². The standard InChI is InChI=1S/C16H27N5O3/c1-11(2)7-5-4-6-8-18-16(24)14-19-9-12(21-14)15(23)20-10-13(22)17-3/h9,11H,4-8,10H2,1-3H3,(H,17,22)(H,18,24)(H,19,21)(H,20,23). The lowest BCUT2D eigenvalue weighted by molar-refractivity contribution is -0.119. The van der Waals surface area contributed by atoms with Gasteiger partial charge in [-0.25, -0.2) is 4.98 Å². The highest BCUT2D eigenvalue weighted by Crippen LogP contribution is 2.07. The lowest BCUT2D eigenvalue weighted by atomic mass is 10.1. The van der Waals surface area contributed by atoms with Gasteiger partial charge in [-0.15, -0.1) is 0 Å². The van der Waals surface area contributed by atoms with Gasteiger partial charge in [0.2, 0.25) is 5.91 Å². The monoisotopic (exact) mass is 337 g/mol. The smallest absolute Gasteiger partial charge is 0.287 e. The molecule has 1 aromatic rings. The second-order valence-corrected chi connectivity index (χ2v) is 6.00. The lowest BCUT2D eigenvalue weighted by Crippen LogP contribution is -2.35. The second kappa shape index (κ2) is 10.4. The van der Waals surface area contributed by atoms with Crippen molar-refractivity contribution in [1.29, 1.82) is 0 Å². The number of nitrogens with one attached hydrogen (secondary N) is 4. The van der Waals surface area contributed by atoms with Gasteiger partial charge in [0.05, 0.1) is 12.7 Å². The Morgan fingerprint density at radius 3 is 2.54 bits per heavy atom. The first-order valence-corrected chi connectivity index (χ1v) is 8.26. The Hall–Kier alpha value is -2.38. The summed E-state index contributed by atoms with van der Waals surface area (Å²) in [4.78, 5) is 41.4. The van der Waals surface area contributed by atoms with E-state index in [9.17, 15) is 14.4 Å². The van der Waals surface area contributed by atoms with Gasteiger partial charge in [-0.3, -0.25) is 14.4 Å². The number of hydrogen-bond acceptors (Lipinski definition) is 4. The summed E-state index contributed by atoms with van der Waals surface area (Å²) in [6.07, 6.45) is 5.61. The molecule has 0 aliphatic heterocycles. The Labute approximate surface area is 142 Å². The van der Waals surface area contributed by atoms with E-state index >= 15 is 0 Å². The first kappa shape index (κ1) is 19.7. The molecule has 0 spiro atoms. The van der Waals surface area contributed by atoms with Crippen LogP contribution in [-0.2, 0) is 4.79 Å². The van der Waals surface area contributed by atoms with E-state index in [1.807, 2.05) is 0 Å². The van der Waals surface area contributed by atoms with Gasteiger partial charge in [0.25, 0.3) is 11.8 Å². The summed E-state index contributed by atoms with van der Waals surface area (Å²) in [5.41, 5.74) is 0.140. The average molecular weight is 337 g/mol. The van der Waals surface area contributed by atoms with Crippen LogP contribution in [0.5, 0.6) is 0 Å². The van der Waals surface area contributed by atoms with Crippen LogP contribution in [0.25, 0.3) is 0 Å². The molecule has 0 aliphatic carbocycles. The molecule has 3 amide bonds. The van der Waals surface area contributed by atoms with Gasteiger partial charge in [-0.2, -0.15) is 0 Å². The molecule has 8 heteroatoms. The fourth-order valence-electron chi connectivity index (χ4n) is 2.04. The van der Waals surface area contributed by atoms with Crippen LogP contribution in [0.3, 0.4) is 0 Å². The maximum atomic E-state index is 11.9. The Balaban J connectivity index is 2.32. The molecule has 1 aromatic heterocycles. The fourth-order valence-corrected chi connectivity index (χ4v) is 2.04. The number of carbonyl (C=O) groups excluding carboxylic acids is 3. The Kier molecular flexibility index (Phi) is 8.53. The number of likely N-dealkylation sites (N-methyl/N-ethyl adjacent to an activating group) is 1. The normalized spacial score (nSPS) is 10.5. The van der Waals surface area contributed by atoms with Crippen LogP contribution in [0.1, 0.15) is 60.6 Å². The van der Waals surface area contributed by atoms with E-state index in [2.05, 4.69) is 39.8 Å². The maximum Gasteiger partial charge on any atom is 0.287 e. The topological polar surface area (TPSA) is 116 Å². The van der Waals surface area contributed by atoms with Crippen LogP contribution in [0.2, 0.25) is 0 Å². The Morgan fingerprint density at radius 1 is 1.12 bits per heavy atom. The van der Waals surface area contributed by atoms with E-state index in [1.54, 1.807) is 0 Å². The van der Waals surface area contributed by atoms with Crippen molar-refractivity contribution in [3.8, 4) is 0 Å². The highest BCUT2D eigenvalue weighted by atomic mass is 16.2. The third kappa shape index (κ3) is 7.26. The number of amides is 3. The molecule has 1 heterocycles. The molecule has 0 aromatic carbocycles. The number of aromatic amines is 1. The number of rotatable bonds is 10. The summed E-state index contributed by atoms with van der Waals surface area (Å²) >= 11 is 0. The van der Waals surface area contributed by atoms with Gasteiger partial charge >= 0.3 is 0 Å². The molecule has 0 radical (unpaired) electrons. The lowest BCUT2D eigenvalue weighted by Gasteiger charge is -2.05. The van der Waals surface area contributed by atoms with Crippen molar-refractivity contribution >= 4 is 17.7 Å². The molecule has 134 valence electrons. The number of unbranched alkanes of at least 4 members (excludes halogenated alkanes) is 2. The Morgan fingerprint density at radius 2 is 1.88 bits per heavy atom. The van der Waals surface area contributed by atoms with Crippen LogP contribution >= 0.6 is 0 Å². The molecule has 1 rings (SSSR count). The molecule has 8 nitrogen and oxygen atoms in total. The van der Waals surface area contributed by atoms with Gasteiger partial charge in [0.1, 0.15) is 5.69 Å². The van der Waals surface area contributed by atoms with Gasteiger partial charge in [-0.1, -0.05) is 33.1 Å². The van der Waals surface area contributed by atoms with Gasteiger partial charge in [0.15, 0.2) is 5.82 Å². The maximum absolute atomic E-state index is 11.9. The average Bonchev–Trinajstić information content (AvgIpc) is 3.05. The first-order valence-electron chi connectivity index (χ1n) is 8.26. The molecule has 24 heavy (non-hydrogen) atoms. The van der Waals surface area contributed by atoms with E-state index in [0.717, 1.165) is 19.3 Å². The molecule has 0 aliphatic rings. The minimum Gasteiger partial charge on any atom is -0.358 e. The van der Waals surface area contributed by atoms with Crippen LogP contribution in [-0.4, -0.2) is 47.8 Å². The predicted octanol–water partition coefficient (Wildman–Crippen LogP) is 0.832. The summed E-state index contributed by atoms with van der Waals surface area (Å²) < 4.78 is 0. The summed E-state index contributed by atoms with van der Waals surface area (Å²) in [5, 5.41) is 7.59. The molecular weight excluding hydrogens is 310 g/mol. The van der Waals surface area contributed by atoms with Crippen molar-refractivity contribution in [3.63, 3.8) is 0 Å². The summed E-state index contributed by atoms with van der Waals surface area (Å²) in [6.45, 7) is 4.84. The van der Waals surface area contributed by atoms with Crippen molar-refractivity contribution in [2.45, 2.75) is 39.5 Å². The van der Waals surface area contributed by atoms with Crippen LogP contribution < -0.4 is 16.0 Å². The summed E-state index contributed by atoms with van der Waals surface area (Å²) in [7, 11) is 1.48. The zero-order valence-electron chi connectivity index (χ0n) is 14.6. The predicted molar refractivity (Wildman–Crippen MR) is 90.6 cm³/mol. The summed E-state index contributed by atoms with van der Waals surface area (Å²) in [6, 6.07) is 0. The van der Waals surface area contributed by atoms with Crippen LogP contribution in [0, 0.1) is 5.92 Å². The molecular formula is C16H27N5O3. The van der Waals surface area contributed by atoms with Crippen LogP contribution in [0.4, 0.5) is 0 Å². The van der Waals surface area contributed by atoms with Crippen molar-refractivity contribution in [2.24, 2.45) is 5.92 Å². The molecule has 0 fully saturated rings. The van der Waals surface area contributed by atoms with E-state index in [1.165, 1.54) is 19.7 Å². The number of imidazole rings is 1. The van der Waals surface area contributed by atoms with Crippen molar-refractivity contribution in [1.82, 2.24) is 25.9 Å². The third-order valence-corrected chi connectivity index (χ3v) is 3.47. The largest absolute Gasteiger partial charge is 0.358 e. The fraction of sp³-hybridized carbons (Fsp3) is 0.625. The third-order valence-electron chi connectivity index (χ3n) is 3.47. The molecule has 0 atom stereocenters. The number of carbonyl (C=O) groups is 3. The molecule has 4 N–H and O–H groups in total. The number of nitrogens with zero attached hydrogens (tertiary/aromatic N) is 1. The number of hydrogen-bond donors (Lipinski definition) is 4. The zero-order chi connectivity index (χ0) is 17.9. The van der Waals surface area contributed by atoms with Crippen LogP contribution in [0.15, 0.2) is 6.20 Å².